The van der Waals surface area contributed by atoms with Crippen LogP contribution in [-0.4, -0.2) is 19.4 Å². The molecule has 0 N–H and O–H groups in total. The molecule has 0 bridgehead atoms. The summed E-state index contributed by atoms with van der Waals surface area (Å²) in [5.41, 5.74) is -14.3. The quantitative estimate of drug-likeness (QED) is 0.00950. The largest absolute Gasteiger partial charge is 0.484 e. The molecule has 0 fully saturated rings. The SMILES string of the molecule is CCCCCCCCCCCCCCCCCCOc1ccc([I+]c2ccc(OCCCCCCCCCCCCCCCCCC)s2)s1.Fc1c(F)c(F)c([B-](c2c(F)c(F)c(F)c(F)c2F)(c2c(F)c(F)c(F)c(F)c2F)c2c(F)c(F)c(F)c(F)c2F)c(F)c1F. The summed E-state index contributed by atoms with van der Waals surface area (Å²) in [5, 5.41) is 2.21. The Bertz CT molecular complexity index is 2870. The van der Waals surface area contributed by atoms with E-state index in [0.29, 0.717) is 0 Å². The number of thiophene rings is 2. The van der Waals surface area contributed by atoms with Gasteiger partial charge in [0.1, 0.15) is 52.7 Å². The Morgan fingerprint density at radius 2 is 0.415 bits per heavy atom. The zero-order valence-electron chi connectivity index (χ0n) is 52.5. The van der Waals surface area contributed by atoms with Crippen molar-refractivity contribution in [2.24, 2.45) is 0 Å². The first-order valence-corrected chi connectivity index (χ1v) is 36.1. The minimum absolute atomic E-state index is 0.137. The van der Waals surface area contributed by atoms with Crippen molar-refractivity contribution in [1.82, 2.24) is 0 Å². The van der Waals surface area contributed by atoms with E-state index in [-0.39, 0.29) is 21.2 Å². The van der Waals surface area contributed by atoms with Gasteiger partial charge in [0.2, 0.25) is 0 Å². The van der Waals surface area contributed by atoms with Gasteiger partial charge in [-0.3, -0.25) is 0 Å². The Hall–Kier alpha value is -4.73. The molecule has 2 nitrogen and oxygen atoms in total. The highest BCUT2D eigenvalue weighted by Gasteiger charge is 2.52. The Morgan fingerprint density at radius 1 is 0.245 bits per heavy atom. The Kier molecular flexibility index (Phi) is 34.8. The zero-order chi connectivity index (χ0) is 69.1. The first-order valence-electron chi connectivity index (χ1n) is 32.3. The zero-order valence-corrected chi connectivity index (χ0v) is 56.3. The third kappa shape index (κ3) is 21.1. The van der Waals surface area contributed by atoms with Crippen molar-refractivity contribution in [2.45, 2.75) is 219 Å². The van der Waals surface area contributed by atoms with E-state index < -0.39 is 144 Å². The van der Waals surface area contributed by atoms with E-state index in [0.717, 1.165) is 23.3 Å². The molecule has 2 aromatic heterocycles. The van der Waals surface area contributed by atoms with Gasteiger partial charge in [0.05, 0.1) is 13.2 Å². The molecule has 0 aliphatic heterocycles. The number of unbranched alkanes of at least 4 members (excludes halogenated alkanes) is 30. The molecule has 4 aromatic carbocycles. The normalized spacial score (nSPS) is 11.7. The standard InChI is InChI=1S/C44H78IO2S2.C24BF20/c1-3-5-7-9-11-13-15-17-19-21-23-25-27-29-31-33-39-46-43-37-35-41(48-43)45-42-36-38-44(49-42)47-40-34-32-30-28-26-24-22-20-18-16-14-12-10-8-6-4-2;26-5-1(6(27)14(35)21(42)13(5)34)25(2-7(28)15(36)22(43)16(37)8(2)29,3-9(30)17(38)23(44)18(39)10(3)31)4-11(32)19(40)24(45)20(41)12(4)33/h35-38H,3-34,39-40H2,1-2H3;/q+1;-1. The van der Waals surface area contributed by atoms with Gasteiger partial charge in [-0.15, -0.1) is 21.9 Å². The summed E-state index contributed by atoms with van der Waals surface area (Å²) in [6.07, 6.45) is 37.9. The molecular formula is C68H78BF20IO2S2. The van der Waals surface area contributed by atoms with Crippen molar-refractivity contribution in [2.75, 3.05) is 13.2 Å². The number of benzene rings is 4. The fourth-order valence-electron chi connectivity index (χ4n) is 11.5. The summed E-state index contributed by atoms with van der Waals surface area (Å²) in [5.74, 6) is -71.4. The van der Waals surface area contributed by atoms with Crippen molar-refractivity contribution in [3.05, 3.63) is 146 Å². The average Bonchev–Trinajstić information content (AvgIpc) is 0.779. The van der Waals surface area contributed by atoms with Crippen molar-refractivity contribution < 1.29 is 118 Å². The lowest BCUT2D eigenvalue weighted by atomic mass is 9.12. The second-order valence-electron chi connectivity index (χ2n) is 23.3. The summed E-state index contributed by atoms with van der Waals surface area (Å²) < 4.78 is 309. The van der Waals surface area contributed by atoms with Crippen LogP contribution in [0.5, 0.6) is 10.1 Å². The fourth-order valence-corrected chi connectivity index (χ4v) is 17.4. The molecule has 0 aliphatic rings. The highest BCUT2D eigenvalue weighted by atomic mass is 127. The van der Waals surface area contributed by atoms with Crippen molar-refractivity contribution in [3.63, 3.8) is 0 Å². The van der Waals surface area contributed by atoms with Gasteiger partial charge in [-0.1, -0.05) is 229 Å². The molecule has 26 heteroatoms. The number of rotatable bonds is 42. The van der Waals surface area contributed by atoms with Gasteiger partial charge >= 0.3 is 21.2 Å². The van der Waals surface area contributed by atoms with Gasteiger partial charge < -0.3 is 9.47 Å². The van der Waals surface area contributed by atoms with Crippen molar-refractivity contribution in [1.29, 1.82) is 0 Å². The Labute approximate surface area is 555 Å². The molecule has 2 heterocycles. The van der Waals surface area contributed by atoms with E-state index in [4.69, 9.17) is 9.47 Å². The van der Waals surface area contributed by atoms with E-state index in [1.807, 2.05) is 22.7 Å². The van der Waals surface area contributed by atoms with Gasteiger partial charge in [-0.2, -0.15) is 0 Å². The first kappa shape index (κ1) is 80.0. The predicted octanol–water partition coefficient (Wildman–Crippen LogP) is 19.1. The molecule has 0 unspecified atom stereocenters. The predicted molar refractivity (Wildman–Crippen MR) is 325 cm³/mol. The van der Waals surface area contributed by atoms with E-state index >= 15 is 35.1 Å². The Balaban J connectivity index is 0.000000341. The highest BCUT2D eigenvalue weighted by molar-refractivity contribution is 7.20. The maximum atomic E-state index is 15.4. The van der Waals surface area contributed by atoms with Gasteiger partial charge in [0.15, 0.2) is 79.9 Å². The van der Waals surface area contributed by atoms with E-state index in [1.54, 1.807) is 0 Å². The molecule has 0 atom stereocenters. The van der Waals surface area contributed by atoms with Crippen LogP contribution < -0.4 is 52.5 Å². The van der Waals surface area contributed by atoms with Crippen LogP contribution in [0.15, 0.2) is 24.3 Å². The topological polar surface area (TPSA) is 18.5 Å². The van der Waals surface area contributed by atoms with Crippen LogP contribution in [0.4, 0.5) is 87.8 Å². The maximum Gasteiger partial charge on any atom is 0.381 e. The smallest absolute Gasteiger partial charge is 0.381 e. The lowest BCUT2D eigenvalue weighted by molar-refractivity contribution is -0.585. The van der Waals surface area contributed by atoms with Crippen LogP contribution in [0, 0.1) is 122 Å². The first-order chi connectivity index (χ1) is 45.0. The minimum atomic E-state index is -7.22. The van der Waals surface area contributed by atoms with Crippen LogP contribution >= 0.6 is 22.7 Å². The van der Waals surface area contributed by atoms with E-state index in [2.05, 4.69) is 38.1 Å². The van der Waals surface area contributed by atoms with Crippen LogP contribution in [0.1, 0.15) is 219 Å². The minimum Gasteiger partial charge on any atom is -0.484 e. The summed E-state index contributed by atoms with van der Waals surface area (Å²) in [4.78, 5) is 0. The number of ether oxygens (including phenoxy) is 2. The molecule has 0 spiro atoms. The summed E-state index contributed by atoms with van der Waals surface area (Å²) in [7, 11) is 0. The molecular weight excluding hydrogens is 1430 g/mol. The molecule has 0 saturated carbocycles. The summed E-state index contributed by atoms with van der Waals surface area (Å²) in [6, 6.07) is 8.96. The number of hydrogen-bond acceptors (Lipinski definition) is 4. The maximum absolute atomic E-state index is 15.4. The second kappa shape index (κ2) is 40.9. The fraction of sp³-hybridized carbons (Fsp3) is 0.529. The van der Waals surface area contributed by atoms with Gasteiger partial charge in [0.25, 0.3) is 5.77 Å². The monoisotopic (exact) mass is 1510 g/mol. The molecule has 0 radical (unpaired) electrons. The average molecular weight is 1510 g/mol. The molecule has 0 saturated heterocycles. The molecule has 6 rings (SSSR count). The molecule has 524 valence electrons. The van der Waals surface area contributed by atoms with Gasteiger partial charge in [0, 0.05) is 12.1 Å². The molecule has 94 heavy (non-hydrogen) atoms. The van der Waals surface area contributed by atoms with Crippen LogP contribution in [0.25, 0.3) is 0 Å². The molecule has 6 aromatic rings. The van der Waals surface area contributed by atoms with Crippen LogP contribution in [0.3, 0.4) is 0 Å². The number of halogens is 21. The number of hydrogen-bond donors (Lipinski definition) is 0. The molecule has 0 amide bonds. The lowest BCUT2D eigenvalue weighted by Crippen LogP contribution is -3.61. The van der Waals surface area contributed by atoms with Crippen molar-refractivity contribution in [3.8, 4) is 10.1 Å². The summed E-state index contributed by atoms with van der Waals surface area (Å²) >= 11 is 3.58. The lowest BCUT2D eigenvalue weighted by Gasteiger charge is -2.44. The van der Waals surface area contributed by atoms with Crippen LogP contribution in [0.2, 0.25) is 0 Å². The second-order valence-corrected chi connectivity index (χ2v) is 29.7. The third-order valence-corrected chi connectivity index (χ3v) is 22.2. The summed E-state index contributed by atoms with van der Waals surface area (Å²) in [6.45, 7) is 6.34. The Morgan fingerprint density at radius 3 is 0.606 bits per heavy atom. The van der Waals surface area contributed by atoms with Crippen LogP contribution in [-0.2, 0) is 0 Å². The van der Waals surface area contributed by atoms with Gasteiger partial charge in [-0.05, 0) is 25.0 Å². The van der Waals surface area contributed by atoms with Crippen molar-refractivity contribution >= 4 is 50.7 Å². The molecule has 0 aliphatic carbocycles. The van der Waals surface area contributed by atoms with E-state index in [9.17, 15) is 52.7 Å². The third-order valence-electron chi connectivity index (χ3n) is 16.5. The highest BCUT2D eigenvalue weighted by Crippen LogP contribution is 2.32. The van der Waals surface area contributed by atoms with Gasteiger partial charge in [-0.25, -0.2) is 87.8 Å². The van der Waals surface area contributed by atoms with E-state index in [1.165, 1.54) is 211 Å².